The molecule has 0 bridgehead atoms. The van der Waals surface area contributed by atoms with E-state index >= 15 is 0 Å². The van der Waals surface area contributed by atoms with Crippen LogP contribution in [0.3, 0.4) is 0 Å². The lowest BCUT2D eigenvalue weighted by molar-refractivity contribution is 0.655. The summed E-state index contributed by atoms with van der Waals surface area (Å²) in [6.07, 6.45) is 3.27. The van der Waals surface area contributed by atoms with Crippen molar-refractivity contribution in [1.82, 2.24) is 20.0 Å². The van der Waals surface area contributed by atoms with E-state index in [-0.39, 0.29) is 0 Å². The highest BCUT2D eigenvalue weighted by atomic mass is 15.4. The second-order valence-electron chi connectivity index (χ2n) is 2.76. The molecule has 2 rings (SSSR count). The fraction of sp³-hybridized carbons (Fsp3) is 0.111. The number of rotatable bonds is 1. The Hall–Kier alpha value is -2.22. The first kappa shape index (κ1) is 8.38. The number of pyridine rings is 1. The molecular formula is C9H7N5. The molecule has 2 heterocycles. The third-order valence-electron chi connectivity index (χ3n) is 1.77. The first-order valence-corrected chi connectivity index (χ1v) is 4.02. The molecule has 0 saturated heterocycles. The van der Waals surface area contributed by atoms with Crippen molar-refractivity contribution in [1.29, 1.82) is 5.26 Å². The minimum absolute atomic E-state index is 0.401. The minimum atomic E-state index is 0.401. The van der Waals surface area contributed by atoms with Gasteiger partial charge in [0.15, 0.2) is 0 Å². The largest absolute Gasteiger partial charge is 0.245 e. The van der Waals surface area contributed by atoms with Gasteiger partial charge in [0, 0.05) is 18.8 Å². The molecule has 0 aliphatic rings. The average molecular weight is 185 g/mol. The molecule has 0 aliphatic carbocycles. The lowest BCUT2D eigenvalue weighted by Gasteiger charge is -1.93. The lowest BCUT2D eigenvalue weighted by atomic mass is 10.2. The van der Waals surface area contributed by atoms with Crippen molar-refractivity contribution < 1.29 is 0 Å². The van der Waals surface area contributed by atoms with Gasteiger partial charge >= 0.3 is 0 Å². The van der Waals surface area contributed by atoms with Crippen molar-refractivity contribution in [3.63, 3.8) is 0 Å². The van der Waals surface area contributed by atoms with Gasteiger partial charge in [0.05, 0.1) is 6.20 Å². The van der Waals surface area contributed by atoms with Crippen molar-refractivity contribution in [2.75, 3.05) is 0 Å². The van der Waals surface area contributed by atoms with Crippen molar-refractivity contribution in [2.24, 2.45) is 7.05 Å². The van der Waals surface area contributed by atoms with E-state index in [1.165, 1.54) is 4.80 Å². The number of aryl methyl sites for hydroxylation is 1. The normalized spacial score (nSPS) is 9.71. The SMILES string of the molecule is Cn1ncc(-c2ccc(C#N)nc2)n1. The molecule has 0 aromatic carbocycles. The zero-order valence-corrected chi connectivity index (χ0v) is 7.55. The van der Waals surface area contributed by atoms with Crippen LogP contribution >= 0.6 is 0 Å². The van der Waals surface area contributed by atoms with Crippen LogP contribution in [0.1, 0.15) is 5.69 Å². The number of hydrogen-bond donors (Lipinski definition) is 0. The molecular weight excluding hydrogens is 178 g/mol. The molecule has 0 atom stereocenters. The first-order chi connectivity index (χ1) is 6.79. The van der Waals surface area contributed by atoms with Gasteiger partial charge in [-0.3, -0.25) is 0 Å². The minimum Gasteiger partial charge on any atom is -0.245 e. The smallest absolute Gasteiger partial charge is 0.140 e. The van der Waals surface area contributed by atoms with Crippen LogP contribution in [-0.4, -0.2) is 20.0 Å². The molecule has 5 nitrogen and oxygen atoms in total. The predicted octanol–water partition coefficient (Wildman–Crippen LogP) is 0.749. The highest BCUT2D eigenvalue weighted by Gasteiger charge is 2.02. The molecule has 0 radical (unpaired) electrons. The Balaban J connectivity index is 2.39. The molecule has 2 aromatic heterocycles. The van der Waals surface area contributed by atoms with E-state index in [1.54, 1.807) is 31.6 Å². The summed E-state index contributed by atoms with van der Waals surface area (Å²) in [6.45, 7) is 0. The molecule has 14 heavy (non-hydrogen) atoms. The maximum atomic E-state index is 8.56. The Morgan fingerprint density at radius 3 is 2.71 bits per heavy atom. The second-order valence-corrected chi connectivity index (χ2v) is 2.76. The second kappa shape index (κ2) is 3.26. The van der Waals surface area contributed by atoms with Crippen LogP contribution in [0.4, 0.5) is 0 Å². The van der Waals surface area contributed by atoms with Crippen LogP contribution < -0.4 is 0 Å². The molecule has 5 heteroatoms. The van der Waals surface area contributed by atoms with Crippen molar-refractivity contribution in [2.45, 2.75) is 0 Å². The topological polar surface area (TPSA) is 67.4 Å². The van der Waals surface area contributed by atoms with Gasteiger partial charge in [-0.1, -0.05) is 0 Å². The Kier molecular flexibility index (Phi) is 1.95. The Bertz CT molecular complexity index is 477. The van der Waals surface area contributed by atoms with E-state index < -0.39 is 0 Å². The van der Waals surface area contributed by atoms with E-state index in [2.05, 4.69) is 15.2 Å². The Morgan fingerprint density at radius 2 is 2.21 bits per heavy atom. The summed E-state index contributed by atoms with van der Waals surface area (Å²) in [5.41, 5.74) is 2.01. The monoisotopic (exact) mass is 185 g/mol. The fourth-order valence-electron chi connectivity index (χ4n) is 1.09. The van der Waals surface area contributed by atoms with E-state index in [1.807, 2.05) is 6.07 Å². The maximum Gasteiger partial charge on any atom is 0.140 e. The highest BCUT2D eigenvalue weighted by Crippen LogP contribution is 2.13. The van der Waals surface area contributed by atoms with Gasteiger partial charge in [-0.05, 0) is 12.1 Å². The molecule has 2 aromatic rings. The third kappa shape index (κ3) is 1.45. The van der Waals surface area contributed by atoms with Gasteiger partial charge in [0.1, 0.15) is 17.5 Å². The summed E-state index contributed by atoms with van der Waals surface area (Å²) in [7, 11) is 1.75. The average Bonchev–Trinajstić information content (AvgIpc) is 2.65. The number of aromatic nitrogens is 4. The van der Waals surface area contributed by atoms with Crippen LogP contribution in [0, 0.1) is 11.3 Å². The summed E-state index contributed by atoms with van der Waals surface area (Å²) < 4.78 is 0. The van der Waals surface area contributed by atoms with Crippen molar-refractivity contribution >= 4 is 0 Å². The molecule has 0 amide bonds. The van der Waals surface area contributed by atoms with Gasteiger partial charge in [0.25, 0.3) is 0 Å². The third-order valence-corrected chi connectivity index (χ3v) is 1.77. The van der Waals surface area contributed by atoms with E-state index in [9.17, 15) is 0 Å². The van der Waals surface area contributed by atoms with Gasteiger partial charge < -0.3 is 0 Å². The number of hydrogen-bond acceptors (Lipinski definition) is 4. The molecule has 0 aliphatic heterocycles. The Labute approximate surface area is 80.6 Å². The quantitative estimate of drug-likeness (QED) is 0.657. The molecule has 0 N–H and O–H groups in total. The molecule has 0 spiro atoms. The van der Waals surface area contributed by atoms with E-state index in [4.69, 9.17) is 5.26 Å². The zero-order chi connectivity index (χ0) is 9.97. The summed E-state index contributed by atoms with van der Waals surface area (Å²) in [5, 5.41) is 16.6. The fourth-order valence-corrected chi connectivity index (χ4v) is 1.09. The van der Waals surface area contributed by atoms with Crippen LogP contribution in [0.15, 0.2) is 24.5 Å². The molecule has 0 saturated carbocycles. The zero-order valence-electron chi connectivity index (χ0n) is 7.55. The summed E-state index contributed by atoms with van der Waals surface area (Å²) in [5.74, 6) is 0. The summed E-state index contributed by atoms with van der Waals surface area (Å²) in [4.78, 5) is 5.42. The first-order valence-electron chi connectivity index (χ1n) is 4.02. The van der Waals surface area contributed by atoms with Gasteiger partial charge in [-0.25, -0.2) is 4.98 Å². The molecule has 0 unspecified atom stereocenters. The van der Waals surface area contributed by atoms with Crippen molar-refractivity contribution in [3.8, 4) is 17.3 Å². The summed E-state index contributed by atoms with van der Waals surface area (Å²) >= 11 is 0. The van der Waals surface area contributed by atoms with E-state index in [0.29, 0.717) is 5.69 Å². The van der Waals surface area contributed by atoms with Crippen molar-refractivity contribution in [3.05, 3.63) is 30.2 Å². The Morgan fingerprint density at radius 1 is 1.36 bits per heavy atom. The van der Waals surface area contributed by atoms with Gasteiger partial charge in [0.2, 0.25) is 0 Å². The summed E-state index contributed by atoms with van der Waals surface area (Å²) in [6, 6.07) is 5.42. The van der Waals surface area contributed by atoms with Gasteiger partial charge in [-0.15, -0.1) is 0 Å². The van der Waals surface area contributed by atoms with Crippen LogP contribution in [0.5, 0.6) is 0 Å². The highest BCUT2D eigenvalue weighted by molar-refractivity contribution is 5.56. The van der Waals surface area contributed by atoms with Gasteiger partial charge in [-0.2, -0.15) is 20.3 Å². The van der Waals surface area contributed by atoms with Crippen LogP contribution in [-0.2, 0) is 7.05 Å². The molecule has 0 fully saturated rings. The predicted molar refractivity (Wildman–Crippen MR) is 48.9 cm³/mol. The van der Waals surface area contributed by atoms with E-state index in [0.717, 1.165) is 11.3 Å². The molecule has 68 valence electrons. The van der Waals surface area contributed by atoms with Crippen LogP contribution in [0.25, 0.3) is 11.3 Å². The lowest BCUT2D eigenvalue weighted by Crippen LogP contribution is -1.92. The number of nitrogens with zero attached hydrogens (tertiary/aromatic N) is 5. The van der Waals surface area contributed by atoms with Crippen LogP contribution in [0.2, 0.25) is 0 Å². The standard InChI is InChI=1S/C9H7N5/c1-14-12-6-9(13-14)7-2-3-8(4-10)11-5-7/h2-3,5-6H,1H3. The number of nitriles is 1. The maximum absolute atomic E-state index is 8.56.